The summed E-state index contributed by atoms with van der Waals surface area (Å²) < 4.78 is 0. The molecule has 0 heterocycles. The lowest BCUT2D eigenvalue weighted by atomic mass is 10.1. The Morgan fingerprint density at radius 2 is 2.25 bits per heavy atom. The Morgan fingerprint density at radius 1 is 1.44 bits per heavy atom. The zero-order valence-corrected chi connectivity index (χ0v) is 10.1. The quantitative estimate of drug-likeness (QED) is 0.845. The summed E-state index contributed by atoms with van der Waals surface area (Å²) in [5.74, 6) is 0.701. The number of nitrogens with zero attached hydrogens (tertiary/aromatic N) is 1. The Kier molecular flexibility index (Phi) is 3.36. The van der Waals surface area contributed by atoms with Crippen molar-refractivity contribution in [1.82, 2.24) is 0 Å². The average molecular weight is 235 g/mol. The second kappa shape index (κ2) is 4.76. The van der Waals surface area contributed by atoms with Gasteiger partial charge in [-0.1, -0.05) is 24.9 Å². The SMILES string of the molecule is CC1CCCC1Nc1ccc(C#N)cc1Cl. The molecular weight excluding hydrogens is 220 g/mol. The Hall–Kier alpha value is -1.20. The first-order valence-electron chi connectivity index (χ1n) is 5.67. The molecule has 1 fully saturated rings. The van der Waals surface area contributed by atoms with E-state index in [1.54, 1.807) is 12.1 Å². The van der Waals surface area contributed by atoms with Crippen LogP contribution >= 0.6 is 11.6 Å². The number of hydrogen-bond acceptors (Lipinski definition) is 2. The van der Waals surface area contributed by atoms with Gasteiger partial charge < -0.3 is 5.32 Å². The van der Waals surface area contributed by atoms with E-state index >= 15 is 0 Å². The molecule has 1 N–H and O–H groups in total. The van der Waals surface area contributed by atoms with Crippen molar-refractivity contribution in [2.75, 3.05) is 5.32 Å². The first kappa shape index (κ1) is 11.3. The molecule has 3 heteroatoms. The maximum absolute atomic E-state index is 8.75. The Morgan fingerprint density at radius 3 is 2.81 bits per heavy atom. The first-order valence-corrected chi connectivity index (χ1v) is 6.04. The molecule has 0 aromatic heterocycles. The summed E-state index contributed by atoms with van der Waals surface area (Å²) in [7, 11) is 0. The second-order valence-corrected chi connectivity index (χ2v) is 4.87. The van der Waals surface area contributed by atoms with Gasteiger partial charge >= 0.3 is 0 Å². The van der Waals surface area contributed by atoms with E-state index in [1.807, 2.05) is 6.07 Å². The predicted octanol–water partition coefficient (Wildman–Crippen LogP) is 3.81. The fourth-order valence-corrected chi connectivity index (χ4v) is 2.50. The molecule has 0 amide bonds. The van der Waals surface area contributed by atoms with Crippen LogP contribution in [0.2, 0.25) is 5.02 Å². The highest BCUT2D eigenvalue weighted by atomic mass is 35.5. The molecule has 0 saturated heterocycles. The molecule has 1 aliphatic rings. The molecule has 2 nitrogen and oxygen atoms in total. The topological polar surface area (TPSA) is 35.8 Å². The van der Waals surface area contributed by atoms with Gasteiger partial charge in [-0.05, 0) is 37.0 Å². The van der Waals surface area contributed by atoms with E-state index in [4.69, 9.17) is 16.9 Å². The molecule has 1 saturated carbocycles. The van der Waals surface area contributed by atoms with Gasteiger partial charge in [0.2, 0.25) is 0 Å². The molecule has 1 aliphatic carbocycles. The molecule has 16 heavy (non-hydrogen) atoms. The van der Waals surface area contributed by atoms with Crippen LogP contribution in [-0.4, -0.2) is 6.04 Å². The van der Waals surface area contributed by atoms with E-state index in [0.717, 1.165) is 5.69 Å². The van der Waals surface area contributed by atoms with Crippen molar-refractivity contribution in [3.63, 3.8) is 0 Å². The van der Waals surface area contributed by atoms with Crippen molar-refractivity contribution in [2.24, 2.45) is 5.92 Å². The Balaban J connectivity index is 2.13. The molecule has 0 spiro atoms. The van der Waals surface area contributed by atoms with Crippen LogP contribution in [0.3, 0.4) is 0 Å². The third kappa shape index (κ3) is 2.31. The minimum atomic E-state index is 0.519. The van der Waals surface area contributed by atoms with Gasteiger partial charge in [-0.25, -0.2) is 0 Å². The molecule has 1 aromatic carbocycles. The van der Waals surface area contributed by atoms with Crippen LogP contribution < -0.4 is 5.32 Å². The van der Waals surface area contributed by atoms with Gasteiger partial charge in [0.05, 0.1) is 22.3 Å². The molecule has 2 rings (SSSR count). The zero-order valence-electron chi connectivity index (χ0n) is 9.33. The standard InChI is InChI=1S/C13H15ClN2/c1-9-3-2-4-12(9)16-13-6-5-10(8-15)7-11(13)14/h5-7,9,12,16H,2-4H2,1H3. The summed E-state index contributed by atoms with van der Waals surface area (Å²) in [4.78, 5) is 0. The molecular formula is C13H15ClN2. The van der Waals surface area contributed by atoms with E-state index < -0.39 is 0 Å². The maximum atomic E-state index is 8.75. The highest BCUT2D eigenvalue weighted by Gasteiger charge is 2.23. The number of benzene rings is 1. The lowest BCUT2D eigenvalue weighted by Gasteiger charge is -2.19. The van der Waals surface area contributed by atoms with E-state index in [9.17, 15) is 0 Å². The van der Waals surface area contributed by atoms with Crippen LogP contribution in [0, 0.1) is 17.2 Å². The predicted molar refractivity (Wildman–Crippen MR) is 66.6 cm³/mol. The van der Waals surface area contributed by atoms with E-state index in [2.05, 4.69) is 18.3 Å². The summed E-state index contributed by atoms with van der Waals surface area (Å²) in [5, 5.41) is 12.9. The van der Waals surface area contributed by atoms with Crippen molar-refractivity contribution in [3.05, 3.63) is 28.8 Å². The van der Waals surface area contributed by atoms with Gasteiger partial charge in [-0.3, -0.25) is 0 Å². The van der Waals surface area contributed by atoms with Crippen molar-refractivity contribution in [3.8, 4) is 6.07 Å². The van der Waals surface area contributed by atoms with Crippen LogP contribution in [0.4, 0.5) is 5.69 Å². The number of hydrogen-bond donors (Lipinski definition) is 1. The summed E-state index contributed by atoms with van der Waals surface area (Å²) in [6, 6.07) is 8.01. The fourth-order valence-electron chi connectivity index (χ4n) is 2.26. The van der Waals surface area contributed by atoms with Crippen molar-refractivity contribution >= 4 is 17.3 Å². The Labute approximate surface area is 101 Å². The lowest BCUT2D eigenvalue weighted by molar-refractivity contribution is 0.556. The molecule has 0 bridgehead atoms. The number of nitrogens with one attached hydrogen (secondary N) is 1. The summed E-state index contributed by atoms with van der Waals surface area (Å²) in [6.45, 7) is 2.27. The molecule has 2 atom stereocenters. The van der Waals surface area contributed by atoms with Crippen LogP contribution in [0.15, 0.2) is 18.2 Å². The van der Waals surface area contributed by atoms with Crippen molar-refractivity contribution < 1.29 is 0 Å². The van der Waals surface area contributed by atoms with Crippen LogP contribution in [0.25, 0.3) is 0 Å². The number of rotatable bonds is 2. The third-order valence-corrected chi connectivity index (χ3v) is 3.61. The van der Waals surface area contributed by atoms with Crippen molar-refractivity contribution in [2.45, 2.75) is 32.2 Å². The van der Waals surface area contributed by atoms with Crippen LogP contribution in [-0.2, 0) is 0 Å². The molecule has 84 valence electrons. The maximum Gasteiger partial charge on any atom is 0.0992 e. The zero-order chi connectivity index (χ0) is 11.5. The number of nitriles is 1. The fraction of sp³-hybridized carbons (Fsp3) is 0.462. The summed E-state index contributed by atoms with van der Waals surface area (Å²) in [5.41, 5.74) is 1.55. The van der Waals surface area contributed by atoms with Gasteiger partial charge in [0.25, 0.3) is 0 Å². The molecule has 1 aromatic rings. The minimum absolute atomic E-state index is 0.519. The molecule has 0 aliphatic heterocycles. The monoisotopic (exact) mass is 234 g/mol. The lowest BCUT2D eigenvalue weighted by Crippen LogP contribution is -2.21. The third-order valence-electron chi connectivity index (χ3n) is 3.30. The molecule has 2 unspecified atom stereocenters. The van der Waals surface area contributed by atoms with Gasteiger partial charge in [-0.15, -0.1) is 0 Å². The highest BCUT2D eigenvalue weighted by molar-refractivity contribution is 6.33. The second-order valence-electron chi connectivity index (χ2n) is 4.47. The highest BCUT2D eigenvalue weighted by Crippen LogP contribution is 2.31. The van der Waals surface area contributed by atoms with Gasteiger partial charge in [0.15, 0.2) is 0 Å². The van der Waals surface area contributed by atoms with Crippen LogP contribution in [0.1, 0.15) is 31.7 Å². The molecule has 0 radical (unpaired) electrons. The first-order chi connectivity index (χ1) is 7.70. The van der Waals surface area contributed by atoms with E-state index in [-0.39, 0.29) is 0 Å². The summed E-state index contributed by atoms with van der Waals surface area (Å²) in [6.07, 6.45) is 3.77. The minimum Gasteiger partial charge on any atom is -0.381 e. The van der Waals surface area contributed by atoms with Gasteiger partial charge in [-0.2, -0.15) is 5.26 Å². The largest absolute Gasteiger partial charge is 0.381 e. The number of anilines is 1. The van der Waals surface area contributed by atoms with Gasteiger partial charge in [0.1, 0.15) is 0 Å². The Bertz CT molecular complexity index is 422. The van der Waals surface area contributed by atoms with Crippen molar-refractivity contribution in [1.29, 1.82) is 5.26 Å². The summed E-state index contributed by atoms with van der Waals surface area (Å²) >= 11 is 6.12. The van der Waals surface area contributed by atoms with Crippen LogP contribution in [0.5, 0.6) is 0 Å². The normalized spacial score (nSPS) is 24.1. The average Bonchev–Trinajstić information content (AvgIpc) is 2.67. The van der Waals surface area contributed by atoms with E-state index in [1.165, 1.54) is 19.3 Å². The smallest absolute Gasteiger partial charge is 0.0992 e. The number of halogens is 1. The van der Waals surface area contributed by atoms with E-state index in [0.29, 0.717) is 22.5 Å². The van der Waals surface area contributed by atoms with Gasteiger partial charge in [0, 0.05) is 6.04 Å².